The Morgan fingerprint density at radius 2 is 2.00 bits per heavy atom. The summed E-state index contributed by atoms with van der Waals surface area (Å²) in [6.07, 6.45) is 2.64. The summed E-state index contributed by atoms with van der Waals surface area (Å²) in [7, 11) is 1.61. The zero-order valence-electron chi connectivity index (χ0n) is 14.7. The Labute approximate surface area is 148 Å². The summed E-state index contributed by atoms with van der Waals surface area (Å²) in [5.74, 6) is 1.36. The largest absolute Gasteiger partial charge is 0.493 e. The highest BCUT2D eigenvalue weighted by atomic mass is 16.6. The van der Waals surface area contributed by atoms with Gasteiger partial charge in [-0.2, -0.15) is 5.26 Å². The minimum atomic E-state index is 0.122. The SMILES string of the molecule is CC[C@@H](C)Oc1ccc(/C=N\OCc2ccccc2C#N)cc1OC. The average molecular weight is 338 g/mol. The van der Waals surface area contributed by atoms with Crippen LogP contribution in [0.5, 0.6) is 11.5 Å². The first kappa shape index (κ1) is 18.3. The molecule has 1 atom stereocenters. The first-order chi connectivity index (χ1) is 12.2. The van der Waals surface area contributed by atoms with Crippen LogP contribution in [0, 0.1) is 11.3 Å². The monoisotopic (exact) mass is 338 g/mol. The predicted octanol–water partition coefficient (Wildman–Crippen LogP) is 4.29. The molecule has 0 unspecified atom stereocenters. The fourth-order valence-corrected chi connectivity index (χ4v) is 2.12. The van der Waals surface area contributed by atoms with Crippen molar-refractivity contribution in [3.05, 3.63) is 59.2 Å². The van der Waals surface area contributed by atoms with Crippen molar-refractivity contribution in [3.63, 3.8) is 0 Å². The Bertz CT molecular complexity index is 766. The highest BCUT2D eigenvalue weighted by Crippen LogP contribution is 2.28. The molecule has 2 aromatic carbocycles. The van der Waals surface area contributed by atoms with Gasteiger partial charge in [-0.3, -0.25) is 0 Å². The van der Waals surface area contributed by atoms with Crippen LogP contribution in [0.3, 0.4) is 0 Å². The summed E-state index contributed by atoms with van der Waals surface area (Å²) in [5.41, 5.74) is 2.23. The van der Waals surface area contributed by atoms with E-state index in [9.17, 15) is 0 Å². The van der Waals surface area contributed by atoms with Crippen molar-refractivity contribution in [1.29, 1.82) is 5.26 Å². The van der Waals surface area contributed by atoms with Gasteiger partial charge in [-0.15, -0.1) is 0 Å². The number of nitrogens with zero attached hydrogens (tertiary/aromatic N) is 2. The topological polar surface area (TPSA) is 63.8 Å². The summed E-state index contributed by atoms with van der Waals surface area (Å²) in [6, 6.07) is 15.0. The molecule has 0 heterocycles. The van der Waals surface area contributed by atoms with Crippen LogP contribution in [0.2, 0.25) is 0 Å². The quantitative estimate of drug-likeness (QED) is 0.532. The van der Waals surface area contributed by atoms with Gasteiger partial charge in [0.1, 0.15) is 6.61 Å². The van der Waals surface area contributed by atoms with Crippen molar-refractivity contribution >= 4 is 6.21 Å². The molecule has 0 aromatic heterocycles. The van der Waals surface area contributed by atoms with Crippen molar-refractivity contribution < 1.29 is 14.3 Å². The van der Waals surface area contributed by atoms with Gasteiger partial charge < -0.3 is 14.3 Å². The molecule has 5 heteroatoms. The fraction of sp³-hybridized carbons (Fsp3) is 0.300. The Hall–Kier alpha value is -3.00. The van der Waals surface area contributed by atoms with Gasteiger partial charge in [0.15, 0.2) is 11.5 Å². The van der Waals surface area contributed by atoms with E-state index in [-0.39, 0.29) is 12.7 Å². The maximum atomic E-state index is 9.05. The minimum absolute atomic E-state index is 0.122. The molecule has 0 radical (unpaired) electrons. The van der Waals surface area contributed by atoms with E-state index in [1.54, 1.807) is 19.4 Å². The molecule has 0 aliphatic carbocycles. The summed E-state index contributed by atoms with van der Waals surface area (Å²) in [6.45, 7) is 4.33. The Morgan fingerprint density at radius 1 is 1.20 bits per heavy atom. The molecule has 0 N–H and O–H groups in total. The number of benzene rings is 2. The van der Waals surface area contributed by atoms with E-state index in [4.69, 9.17) is 19.6 Å². The smallest absolute Gasteiger partial charge is 0.161 e. The molecular formula is C20H22N2O3. The second-order valence-electron chi connectivity index (χ2n) is 5.52. The first-order valence-electron chi connectivity index (χ1n) is 8.16. The predicted molar refractivity (Wildman–Crippen MR) is 96.9 cm³/mol. The maximum Gasteiger partial charge on any atom is 0.161 e. The zero-order chi connectivity index (χ0) is 18.1. The van der Waals surface area contributed by atoms with Crippen molar-refractivity contribution in [3.8, 4) is 17.6 Å². The second-order valence-corrected chi connectivity index (χ2v) is 5.52. The molecular weight excluding hydrogens is 316 g/mol. The van der Waals surface area contributed by atoms with E-state index in [0.29, 0.717) is 17.1 Å². The molecule has 0 saturated heterocycles. The van der Waals surface area contributed by atoms with Crippen LogP contribution in [-0.4, -0.2) is 19.4 Å². The molecule has 0 aliphatic heterocycles. The summed E-state index contributed by atoms with van der Waals surface area (Å²) >= 11 is 0. The van der Waals surface area contributed by atoms with Gasteiger partial charge in [-0.1, -0.05) is 30.3 Å². The molecule has 0 saturated carbocycles. The Kier molecular flexibility index (Phi) is 6.85. The third kappa shape index (κ3) is 5.25. The summed E-state index contributed by atoms with van der Waals surface area (Å²) in [5, 5.41) is 13.0. The molecule has 0 amide bonds. The van der Waals surface area contributed by atoms with E-state index in [0.717, 1.165) is 17.5 Å². The highest BCUT2D eigenvalue weighted by Gasteiger charge is 2.08. The van der Waals surface area contributed by atoms with Crippen LogP contribution in [0.1, 0.15) is 37.0 Å². The number of hydrogen-bond donors (Lipinski definition) is 0. The van der Waals surface area contributed by atoms with Gasteiger partial charge in [-0.05, 0) is 37.6 Å². The third-order valence-corrected chi connectivity index (χ3v) is 3.72. The highest BCUT2D eigenvalue weighted by molar-refractivity contribution is 5.80. The van der Waals surface area contributed by atoms with Crippen LogP contribution in [0.25, 0.3) is 0 Å². The van der Waals surface area contributed by atoms with Gasteiger partial charge in [0, 0.05) is 11.1 Å². The summed E-state index contributed by atoms with van der Waals surface area (Å²) in [4.78, 5) is 5.30. The van der Waals surface area contributed by atoms with E-state index < -0.39 is 0 Å². The van der Waals surface area contributed by atoms with Gasteiger partial charge in [0.05, 0.1) is 31.1 Å². The van der Waals surface area contributed by atoms with E-state index in [1.807, 2.05) is 43.3 Å². The van der Waals surface area contributed by atoms with Crippen molar-refractivity contribution in [2.75, 3.05) is 7.11 Å². The number of hydrogen-bond acceptors (Lipinski definition) is 5. The van der Waals surface area contributed by atoms with Crippen molar-refractivity contribution in [2.45, 2.75) is 33.0 Å². The van der Waals surface area contributed by atoms with Gasteiger partial charge >= 0.3 is 0 Å². The lowest BCUT2D eigenvalue weighted by Crippen LogP contribution is -2.10. The lowest BCUT2D eigenvalue weighted by atomic mass is 10.1. The molecule has 2 aromatic rings. The number of oxime groups is 1. The fourth-order valence-electron chi connectivity index (χ4n) is 2.12. The average Bonchev–Trinajstić information content (AvgIpc) is 2.66. The lowest BCUT2D eigenvalue weighted by molar-refractivity contribution is 0.132. The molecule has 0 spiro atoms. The van der Waals surface area contributed by atoms with E-state index in [2.05, 4.69) is 18.1 Å². The number of rotatable bonds is 8. The molecule has 0 fully saturated rings. The third-order valence-electron chi connectivity index (χ3n) is 3.72. The molecule has 5 nitrogen and oxygen atoms in total. The molecule has 0 aliphatic rings. The standard InChI is InChI=1S/C20H22N2O3/c1-4-15(2)25-19-10-9-16(11-20(19)23-3)13-22-24-14-18-8-6-5-7-17(18)12-21/h5-11,13,15H,4,14H2,1-3H3/b22-13-/t15-/m1/s1. The van der Waals surface area contributed by atoms with Gasteiger partial charge in [-0.25, -0.2) is 0 Å². The van der Waals surface area contributed by atoms with Crippen LogP contribution in [-0.2, 0) is 11.4 Å². The zero-order valence-corrected chi connectivity index (χ0v) is 14.7. The Morgan fingerprint density at radius 3 is 2.72 bits per heavy atom. The maximum absolute atomic E-state index is 9.05. The van der Waals surface area contributed by atoms with E-state index >= 15 is 0 Å². The van der Waals surface area contributed by atoms with E-state index in [1.165, 1.54) is 0 Å². The Balaban J connectivity index is 2.00. The molecule has 0 bridgehead atoms. The summed E-state index contributed by atoms with van der Waals surface area (Å²) < 4.78 is 11.2. The number of nitriles is 1. The molecule has 25 heavy (non-hydrogen) atoms. The second kappa shape index (κ2) is 9.33. The normalized spacial score (nSPS) is 11.8. The first-order valence-corrected chi connectivity index (χ1v) is 8.16. The lowest BCUT2D eigenvalue weighted by Gasteiger charge is -2.15. The van der Waals surface area contributed by atoms with Crippen LogP contribution < -0.4 is 9.47 Å². The van der Waals surface area contributed by atoms with Crippen molar-refractivity contribution in [2.24, 2.45) is 5.16 Å². The minimum Gasteiger partial charge on any atom is -0.493 e. The van der Waals surface area contributed by atoms with Crippen LogP contribution >= 0.6 is 0 Å². The van der Waals surface area contributed by atoms with Crippen LogP contribution in [0.15, 0.2) is 47.6 Å². The van der Waals surface area contributed by atoms with Gasteiger partial charge in [0.2, 0.25) is 0 Å². The van der Waals surface area contributed by atoms with Gasteiger partial charge in [0.25, 0.3) is 0 Å². The molecule has 130 valence electrons. The van der Waals surface area contributed by atoms with Crippen molar-refractivity contribution in [1.82, 2.24) is 0 Å². The molecule has 2 rings (SSSR count). The number of methoxy groups -OCH3 is 1. The van der Waals surface area contributed by atoms with Crippen LogP contribution in [0.4, 0.5) is 0 Å². The number of ether oxygens (including phenoxy) is 2.